The molecule has 1 N–H and O–H groups in total. The molecule has 0 spiro atoms. The molecular formula is C12H12Cl2O2. The van der Waals surface area contributed by atoms with Crippen molar-refractivity contribution >= 4 is 35.2 Å². The highest BCUT2D eigenvalue weighted by atomic mass is 35.5. The molecule has 0 saturated carbocycles. The summed E-state index contributed by atoms with van der Waals surface area (Å²) in [5, 5.41) is 9.19. The SMILES string of the molecule is O=C(O)Cc1cc(C=CCCCl)ccc1Cl. The second kappa shape index (κ2) is 6.56. The number of aliphatic carboxylic acids is 1. The standard InChI is InChI=1S/C12H12Cl2O2/c13-6-2-1-3-9-4-5-11(14)10(7-9)8-12(15)16/h1,3-5,7H,2,6,8H2,(H,15,16). The molecule has 1 rings (SSSR count). The Balaban J connectivity index is 2.84. The fraction of sp³-hybridized carbons (Fsp3) is 0.250. The maximum absolute atomic E-state index is 10.6. The Hall–Kier alpha value is -0.990. The minimum atomic E-state index is -0.885. The van der Waals surface area contributed by atoms with Crippen molar-refractivity contribution in [3.8, 4) is 0 Å². The van der Waals surface area contributed by atoms with E-state index in [-0.39, 0.29) is 6.42 Å². The van der Waals surface area contributed by atoms with Crippen LogP contribution in [-0.4, -0.2) is 17.0 Å². The summed E-state index contributed by atoms with van der Waals surface area (Å²) in [6.45, 7) is 0. The van der Waals surface area contributed by atoms with E-state index in [4.69, 9.17) is 28.3 Å². The number of allylic oxidation sites excluding steroid dienone is 1. The molecule has 86 valence electrons. The van der Waals surface area contributed by atoms with Crippen molar-refractivity contribution in [2.45, 2.75) is 12.8 Å². The van der Waals surface area contributed by atoms with E-state index in [1.165, 1.54) is 0 Å². The van der Waals surface area contributed by atoms with E-state index in [1.54, 1.807) is 12.1 Å². The highest BCUT2D eigenvalue weighted by molar-refractivity contribution is 6.31. The van der Waals surface area contributed by atoms with Crippen molar-refractivity contribution in [1.82, 2.24) is 0 Å². The summed E-state index contributed by atoms with van der Waals surface area (Å²) in [6, 6.07) is 5.33. The van der Waals surface area contributed by atoms with E-state index in [0.29, 0.717) is 16.5 Å². The van der Waals surface area contributed by atoms with E-state index in [2.05, 4.69) is 0 Å². The third-order valence-corrected chi connectivity index (χ3v) is 2.58. The van der Waals surface area contributed by atoms with Gasteiger partial charge in [0.1, 0.15) is 0 Å². The van der Waals surface area contributed by atoms with Gasteiger partial charge in [-0.3, -0.25) is 4.79 Å². The van der Waals surface area contributed by atoms with Gasteiger partial charge in [-0.25, -0.2) is 0 Å². The van der Waals surface area contributed by atoms with Crippen LogP contribution in [0.25, 0.3) is 6.08 Å². The van der Waals surface area contributed by atoms with E-state index < -0.39 is 5.97 Å². The van der Waals surface area contributed by atoms with Crippen molar-refractivity contribution in [3.63, 3.8) is 0 Å². The van der Waals surface area contributed by atoms with Gasteiger partial charge in [0.2, 0.25) is 0 Å². The lowest BCUT2D eigenvalue weighted by atomic mass is 10.1. The number of alkyl halides is 1. The molecule has 0 radical (unpaired) electrons. The Labute approximate surface area is 104 Å². The van der Waals surface area contributed by atoms with Gasteiger partial charge in [0, 0.05) is 10.9 Å². The van der Waals surface area contributed by atoms with Crippen molar-refractivity contribution in [2.24, 2.45) is 0 Å². The number of hydrogen-bond acceptors (Lipinski definition) is 1. The number of carboxylic acids is 1. The molecule has 16 heavy (non-hydrogen) atoms. The maximum atomic E-state index is 10.6. The number of carbonyl (C=O) groups is 1. The molecule has 0 aliphatic carbocycles. The van der Waals surface area contributed by atoms with Gasteiger partial charge in [0.25, 0.3) is 0 Å². The molecule has 0 amide bonds. The van der Waals surface area contributed by atoms with Crippen LogP contribution < -0.4 is 0 Å². The van der Waals surface area contributed by atoms with Crippen LogP contribution in [0.3, 0.4) is 0 Å². The molecule has 1 aromatic carbocycles. The normalized spacial score (nSPS) is 10.9. The lowest BCUT2D eigenvalue weighted by molar-refractivity contribution is -0.136. The average molecular weight is 259 g/mol. The quantitative estimate of drug-likeness (QED) is 0.820. The molecule has 4 heteroatoms. The van der Waals surface area contributed by atoms with Crippen LogP contribution in [0.2, 0.25) is 5.02 Å². The Bertz CT molecular complexity index is 400. The van der Waals surface area contributed by atoms with E-state index >= 15 is 0 Å². The van der Waals surface area contributed by atoms with Crippen molar-refractivity contribution < 1.29 is 9.90 Å². The second-order valence-corrected chi connectivity index (χ2v) is 4.09. The lowest BCUT2D eigenvalue weighted by Crippen LogP contribution is -2.00. The number of benzene rings is 1. The summed E-state index contributed by atoms with van der Waals surface area (Å²) in [6.07, 6.45) is 4.58. The highest BCUT2D eigenvalue weighted by Crippen LogP contribution is 2.19. The number of rotatable bonds is 5. The lowest BCUT2D eigenvalue weighted by Gasteiger charge is -2.02. The molecule has 0 saturated heterocycles. The summed E-state index contributed by atoms with van der Waals surface area (Å²) in [5.74, 6) is -0.310. The Kier molecular flexibility index (Phi) is 5.36. The van der Waals surface area contributed by atoms with Crippen molar-refractivity contribution in [2.75, 3.05) is 5.88 Å². The molecule has 2 nitrogen and oxygen atoms in total. The first kappa shape index (κ1) is 13.1. The van der Waals surface area contributed by atoms with Gasteiger partial charge >= 0.3 is 5.97 Å². The van der Waals surface area contributed by atoms with Gasteiger partial charge in [0.15, 0.2) is 0 Å². The summed E-state index contributed by atoms with van der Waals surface area (Å²) in [7, 11) is 0. The van der Waals surface area contributed by atoms with Crippen LogP contribution in [0, 0.1) is 0 Å². The highest BCUT2D eigenvalue weighted by Gasteiger charge is 2.05. The van der Waals surface area contributed by atoms with Crippen LogP contribution in [0.1, 0.15) is 17.5 Å². The first-order chi connectivity index (χ1) is 7.63. The summed E-state index contributed by atoms with van der Waals surface area (Å²) in [5.41, 5.74) is 1.56. The minimum absolute atomic E-state index is 0.0595. The van der Waals surface area contributed by atoms with Gasteiger partial charge in [-0.15, -0.1) is 11.6 Å². The number of carboxylic acid groups (broad SMARTS) is 1. The summed E-state index contributed by atoms with van der Waals surface area (Å²) < 4.78 is 0. The zero-order valence-corrected chi connectivity index (χ0v) is 10.1. The van der Waals surface area contributed by atoms with E-state index in [0.717, 1.165) is 12.0 Å². The number of halogens is 2. The molecule has 0 heterocycles. The Morgan fingerprint density at radius 1 is 1.44 bits per heavy atom. The molecule has 0 bridgehead atoms. The first-order valence-corrected chi connectivity index (χ1v) is 5.77. The van der Waals surface area contributed by atoms with E-state index in [1.807, 2.05) is 18.2 Å². The number of hydrogen-bond donors (Lipinski definition) is 1. The Morgan fingerprint density at radius 2 is 2.19 bits per heavy atom. The molecule has 0 aromatic heterocycles. The average Bonchev–Trinajstić information content (AvgIpc) is 2.22. The third kappa shape index (κ3) is 4.25. The molecule has 0 aliphatic heterocycles. The van der Waals surface area contributed by atoms with Crippen LogP contribution in [0.4, 0.5) is 0 Å². The van der Waals surface area contributed by atoms with Crippen LogP contribution in [0.15, 0.2) is 24.3 Å². The first-order valence-electron chi connectivity index (χ1n) is 4.86. The Morgan fingerprint density at radius 3 is 2.81 bits per heavy atom. The third-order valence-electron chi connectivity index (χ3n) is 2.00. The second-order valence-electron chi connectivity index (χ2n) is 3.30. The van der Waals surface area contributed by atoms with Gasteiger partial charge < -0.3 is 5.11 Å². The van der Waals surface area contributed by atoms with E-state index in [9.17, 15) is 4.79 Å². The van der Waals surface area contributed by atoms with Crippen LogP contribution >= 0.6 is 23.2 Å². The zero-order chi connectivity index (χ0) is 12.0. The smallest absolute Gasteiger partial charge is 0.307 e. The van der Waals surface area contributed by atoms with Crippen molar-refractivity contribution in [3.05, 3.63) is 40.4 Å². The zero-order valence-electron chi connectivity index (χ0n) is 8.62. The molecule has 1 aromatic rings. The largest absolute Gasteiger partial charge is 0.481 e. The summed E-state index contributed by atoms with van der Waals surface area (Å²) >= 11 is 11.4. The van der Waals surface area contributed by atoms with Gasteiger partial charge in [-0.2, -0.15) is 0 Å². The predicted octanol–water partition coefficient (Wildman–Crippen LogP) is 3.61. The molecule has 0 unspecified atom stereocenters. The molecule has 0 atom stereocenters. The monoisotopic (exact) mass is 258 g/mol. The molecule has 0 aliphatic rings. The fourth-order valence-electron chi connectivity index (χ4n) is 1.28. The van der Waals surface area contributed by atoms with Crippen LogP contribution in [0.5, 0.6) is 0 Å². The summed E-state index contributed by atoms with van der Waals surface area (Å²) in [4.78, 5) is 10.6. The molecule has 0 fully saturated rings. The molecular weight excluding hydrogens is 247 g/mol. The topological polar surface area (TPSA) is 37.3 Å². The predicted molar refractivity (Wildman–Crippen MR) is 67.2 cm³/mol. The minimum Gasteiger partial charge on any atom is -0.481 e. The fourth-order valence-corrected chi connectivity index (χ4v) is 1.59. The van der Waals surface area contributed by atoms with Crippen molar-refractivity contribution in [1.29, 1.82) is 0 Å². The van der Waals surface area contributed by atoms with Gasteiger partial charge in [-0.05, 0) is 29.7 Å². The van der Waals surface area contributed by atoms with Gasteiger partial charge in [-0.1, -0.05) is 29.8 Å². The maximum Gasteiger partial charge on any atom is 0.307 e. The van der Waals surface area contributed by atoms with Gasteiger partial charge in [0.05, 0.1) is 6.42 Å². The van der Waals surface area contributed by atoms with Crippen LogP contribution in [-0.2, 0) is 11.2 Å².